The van der Waals surface area contributed by atoms with Crippen LogP contribution < -0.4 is 17.2 Å². The summed E-state index contributed by atoms with van der Waals surface area (Å²) in [5.74, 6) is 0.799. The van der Waals surface area contributed by atoms with E-state index >= 15 is 0 Å². The van der Waals surface area contributed by atoms with E-state index in [1.165, 1.54) is 114 Å². The summed E-state index contributed by atoms with van der Waals surface area (Å²) in [6.45, 7) is 12.0. The molecule has 27 nitrogen and oxygen atoms in total. The minimum atomic E-state index is -0.597. The molecule has 510 valence electrons. The summed E-state index contributed by atoms with van der Waals surface area (Å²) in [5.41, 5.74) is 19.9. The number of nitrogen functional groups attached to an aromatic ring is 1. The summed E-state index contributed by atoms with van der Waals surface area (Å²) in [6.07, 6.45) is 12.4. The van der Waals surface area contributed by atoms with Gasteiger partial charge in [0.2, 0.25) is 5.82 Å². The number of nitrogens with one attached hydrogen (secondary N) is 1. The highest BCUT2D eigenvalue weighted by Gasteiger charge is 2.13. The van der Waals surface area contributed by atoms with Gasteiger partial charge < -0.3 is 36.1 Å². The number of anilines is 1. The summed E-state index contributed by atoms with van der Waals surface area (Å²) in [5, 5.41) is 34.7. The second kappa shape index (κ2) is 48.5. The lowest BCUT2D eigenvalue weighted by atomic mass is 10.5. The summed E-state index contributed by atoms with van der Waals surface area (Å²) in [4.78, 5) is 98.0. The van der Waals surface area contributed by atoms with Crippen molar-refractivity contribution in [2.24, 2.45) is 21.5 Å². The van der Waals surface area contributed by atoms with E-state index in [-0.39, 0.29) is 23.9 Å². The number of hydrogen-bond donors (Lipinski definition) is 4. The molecule has 7 N–H and O–H groups in total. The van der Waals surface area contributed by atoms with Crippen LogP contribution in [0.1, 0.15) is 95.8 Å². The van der Waals surface area contributed by atoms with Crippen LogP contribution in [-0.4, -0.2) is 145 Å². The Morgan fingerprint density at radius 1 is 0.677 bits per heavy atom. The number of hydrogen-bond acceptors (Lipinski definition) is 34. The molecule has 1 aliphatic rings. The number of thiocarbonyl (C=S) groups is 1. The number of thiazole rings is 8. The molecular weight excluding hydrogens is 1900 g/mol. The molecule has 10 heterocycles. The normalized spacial score (nSPS) is 10.4. The van der Waals surface area contributed by atoms with Crippen molar-refractivity contribution >= 4 is 289 Å². The number of carbonyl (C=O) groups is 5. The zero-order chi connectivity index (χ0) is 71.9. The van der Waals surface area contributed by atoms with E-state index in [0.717, 1.165) is 36.8 Å². The Balaban J connectivity index is 0.000000373. The first-order valence-corrected chi connectivity index (χ1v) is 39.7. The van der Waals surface area contributed by atoms with Crippen molar-refractivity contribution in [1.82, 2.24) is 54.6 Å². The maximum atomic E-state index is 11.3. The average molecular weight is 1950 g/mol. The van der Waals surface area contributed by atoms with Crippen LogP contribution in [0.3, 0.4) is 0 Å². The summed E-state index contributed by atoms with van der Waals surface area (Å²) in [7, 11) is 0. The Kier molecular flexibility index (Phi) is 43.8. The van der Waals surface area contributed by atoms with Crippen LogP contribution >= 0.6 is 226 Å². The van der Waals surface area contributed by atoms with Crippen LogP contribution in [-0.2, 0) is 28.5 Å². The zero-order valence-electron chi connectivity index (χ0n) is 50.2. The summed E-state index contributed by atoms with van der Waals surface area (Å²) in [6, 6.07) is 1.92. The molecule has 0 spiro atoms. The third-order valence-corrected chi connectivity index (χ3v) is 19.6. The van der Waals surface area contributed by atoms with Crippen molar-refractivity contribution in [3.63, 3.8) is 0 Å². The van der Waals surface area contributed by atoms with Gasteiger partial charge in [-0.1, -0.05) is 12.2 Å². The number of nitriles is 1. The fourth-order valence-electron chi connectivity index (χ4n) is 4.90. The predicted octanol–water partition coefficient (Wildman–Crippen LogP) is 14.8. The molecule has 0 unspecified atom stereocenters. The number of carbonyl (C=O) groups excluding carboxylic acids is 5. The fraction of sp³-hybridized carbons (Fsp3) is 0.231. The first-order valence-electron chi connectivity index (χ1n) is 25.5. The van der Waals surface area contributed by atoms with Gasteiger partial charge in [-0.25, -0.2) is 73.7 Å². The third kappa shape index (κ3) is 37.1. The van der Waals surface area contributed by atoms with E-state index in [1.54, 1.807) is 80.6 Å². The topological polar surface area (TPSA) is 407 Å². The molecular formula is C52H49Br7N18O9S10. The van der Waals surface area contributed by atoms with Gasteiger partial charge in [0.1, 0.15) is 50.9 Å². The number of esters is 4. The summed E-state index contributed by atoms with van der Waals surface area (Å²) < 4.78 is 25.8. The van der Waals surface area contributed by atoms with E-state index in [1.807, 2.05) is 39.8 Å². The van der Waals surface area contributed by atoms with Crippen LogP contribution in [0.4, 0.5) is 5.13 Å². The molecule has 1 amide bonds. The van der Waals surface area contributed by atoms with Crippen molar-refractivity contribution in [3.05, 3.63) is 123 Å². The van der Waals surface area contributed by atoms with Gasteiger partial charge in [-0.15, -0.1) is 114 Å². The molecule has 0 fully saturated rings. The van der Waals surface area contributed by atoms with Crippen molar-refractivity contribution in [2.75, 3.05) is 31.7 Å². The summed E-state index contributed by atoms with van der Waals surface area (Å²) >= 11 is 39.7. The number of amides is 1. The van der Waals surface area contributed by atoms with Crippen LogP contribution in [0.15, 0.2) is 92.8 Å². The second-order valence-corrected chi connectivity index (χ2v) is 33.3. The predicted molar refractivity (Wildman–Crippen MR) is 412 cm³/mol. The first kappa shape index (κ1) is 86.8. The second-order valence-electron chi connectivity index (χ2n) is 16.2. The van der Waals surface area contributed by atoms with E-state index in [0.29, 0.717) is 77.1 Å². The van der Waals surface area contributed by atoms with Gasteiger partial charge in [0.15, 0.2) is 55.5 Å². The number of halogens is 7. The molecule has 0 radical (unpaired) electrons. The van der Waals surface area contributed by atoms with E-state index in [9.17, 15) is 24.0 Å². The number of rotatable bonds is 13. The number of nitrogens with two attached hydrogens (primary N) is 3. The molecule has 10 rings (SSSR count). The van der Waals surface area contributed by atoms with Crippen LogP contribution in [0, 0.1) is 29.1 Å². The molecule has 9 aromatic heterocycles. The van der Waals surface area contributed by atoms with Crippen LogP contribution in [0.25, 0.3) is 17.7 Å². The quantitative estimate of drug-likeness (QED) is 0.0122. The monoisotopic (exact) mass is 1940 g/mol. The third-order valence-electron chi connectivity index (χ3n) is 8.56. The standard InChI is InChI=1S/C11H11BrN4O2S.C6H4BrN3S.C6H6BrNO2S.C6H8N2O2S.C6H8O2.C5H5BrN2S2.C4H3BrN2OS.C4H3BrN2S2.C4HBrN2S/c1-7(2)18-9(17)3-4-16-6-13-10(15-16)8-5-19-11(12)14-8;7-6-10-4(3-11-6)5-8-1-2-9-5;2*1-2-10-5(9)4-3-11-6(7)8-4;1-4-6(7)8-5(2)3;1-9-4(7)3-2-10-5(6)8-3;2*5-4-7-2(1-9-4)3(6)8;5-4-7-3(1-6)2-8-4/h3-7H,1-2H3;1,3H,2H2;3H,2H2,1H3;3H,2H2,1H3,(H2,7,8);1,5H,2-3H3;2,7H,1H3;2*1H,(H2,6,8);2H/b4-3-;;;;;;;;. The lowest BCUT2D eigenvalue weighted by Crippen LogP contribution is -2.10. The van der Waals surface area contributed by atoms with Crippen molar-refractivity contribution in [1.29, 1.82) is 10.7 Å². The molecule has 0 bridgehead atoms. The number of ether oxygens (including phenoxy) is 4. The lowest BCUT2D eigenvalue weighted by Gasteiger charge is -2.03. The Labute approximate surface area is 649 Å². The van der Waals surface area contributed by atoms with E-state index in [4.69, 9.17) is 48.5 Å². The maximum absolute atomic E-state index is 11.3. The molecule has 44 heteroatoms. The van der Waals surface area contributed by atoms with Gasteiger partial charge in [-0.3, -0.25) is 15.2 Å². The zero-order valence-corrected chi connectivity index (χ0v) is 69.4. The van der Waals surface area contributed by atoms with Gasteiger partial charge in [0, 0.05) is 67.5 Å². The number of amidine groups is 1. The maximum Gasteiger partial charge on any atom is 0.384 e. The highest BCUT2D eigenvalue weighted by atomic mass is 79.9. The molecule has 0 atom stereocenters. The number of terminal acetylenes is 1. The van der Waals surface area contributed by atoms with Gasteiger partial charge in [-0.05, 0) is 159 Å². The number of aliphatic imine (C=N–C) groups is 2. The van der Waals surface area contributed by atoms with Crippen LogP contribution in [0.5, 0.6) is 0 Å². The first-order chi connectivity index (χ1) is 45.5. The average Bonchev–Trinajstić information content (AvgIpc) is 1.84. The Morgan fingerprint density at radius 2 is 1.14 bits per heavy atom. The molecule has 0 saturated heterocycles. The van der Waals surface area contributed by atoms with Gasteiger partial charge in [0.05, 0.1) is 32.0 Å². The van der Waals surface area contributed by atoms with Crippen molar-refractivity contribution < 1.29 is 42.9 Å². The minimum Gasteiger partial charge on any atom is -0.461 e. The molecule has 1 aliphatic heterocycles. The molecule has 0 aliphatic carbocycles. The molecule has 0 aromatic carbocycles. The van der Waals surface area contributed by atoms with Gasteiger partial charge >= 0.3 is 23.9 Å². The van der Waals surface area contributed by atoms with Gasteiger partial charge in [0.25, 0.3) is 5.91 Å². The number of thioether (sulfide) groups is 1. The number of nitrogens with zero attached hydrogens (tertiary/aromatic N) is 14. The lowest BCUT2D eigenvalue weighted by molar-refractivity contribution is -0.141. The van der Waals surface area contributed by atoms with E-state index in [2.05, 4.69) is 188 Å². The fourth-order valence-corrected chi connectivity index (χ4v) is 12.9. The molecule has 96 heavy (non-hydrogen) atoms. The van der Waals surface area contributed by atoms with Crippen LogP contribution in [0.2, 0.25) is 0 Å². The molecule has 0 saturated carbocycles. The number of primary amides is 1. The SMILES string of the molecule is Brc1nc(C2=NCC=N2)cs1.C#CC(=O)OC(C)C.CC(C)OC(=O)/C=C\n1cnc(-c2csc(Br)n2)n1.CCOC(=O)c1csc(Br)n1.CCOC(=O)c1csc(N)n1.CSC(=N)c1csc(Br)n1.N#Cc1csc(Br)n1.NC(=O)c1csc(Br)n1.NC(=S)c1csc(Br)n1. The highest BCUT2D eigenvalue weighted by Crippen LogP contribution is 2.24. The van der Waals surface area contributed by atoms with Gasteiger partial charge in [-0.2, -0.15) is 5.26 Å². The minimum absolute atomic E-state index is 0.112. The number of aromatic nitrogens is 11. The molecule has 9 aromatic rings. The largest absolute Gasteiger partial charge is 0.461 e. The van der Waals surface area contributed by atoms with E-state index < -0.39 is 23.8 Å². The van der Waals surface area contributed by atoms with Crippen molar-refractivity contribution in [2.45, 2.75) is 53.8 Å². The smallest absolute Gasteiger partial charge is 0.384 e. The highest BCUT2D eigenvalue weighted by molar-refractivity contribution is 9.12. The Bertz CT molecular complexity index is 4020. The Morgan fingerprint density at radius 3 is 1.48 bits per heavy atom. The Hall–Kier alpha value is -5.27. The van der Waals surface area contributed by atoms with Crippen molar-refractivity contribution in [3.8, 4) is 29.9 Å².